The van der Waals surface area contributed by atoms with Crippen LogP contribution in [0.15, 0.2) is 36.5 Å². The van der Waals surface area contributed by atoms with Gasteiger partial charge in [-0.05, 0) is 68.1 Å². The molecule has 3 rings (SSSR count). The second-order valence-electron chi connectivity index (χ2n) is 6.60. The molecule has 1 heterocycles. The Morgan fingerprint density at radius 2 is 1.73 bits per heavy atom. The lowest BCUT2D eigenvalue weighted by molar-refractivity contribution is -0.138. The zero-order chi connectivity index (χ0) is 19.1. The summed E-state index contributed by atoms with van der Waals surface area (Å²) in [5, 5.41) is 13.2. The normalized spacial score (nSPS) is 13.0. The smallest absolute Gasteiger partial charge is 0.362 e. The zero-order valence-electron chi connectivity index (χ0n) is 15.1. The highest BCUT2D eigenvalue weighted by Crippen LogP contribution is 2.35. The van der Waals surface area contributed by atoms with E-state index in [1.54, 1.807) is 12.3 Å². The molecule has 3 aromatic rings. The van der Waals surface area contributed by atoms with Crippen molar-refractivity contribution in [2.24, 2.45) is 0 Å². The first-order valence-corrected chi connectivity index (χ1v) is 8.34. The van der Waals surface area contributed by atoms with Gasteiger partial charge in [0.05, 0.1) is 17.8 Å². The van der Waals surface area contributed by atoms with Gasteiger partial charge < -0.3 is 5.32 Å². The molecule has 0 bridgehead atoms. The van der Waals surface area contributed by atoms with Crippen LogP contribution >= 0.6 is 0 Å². The van der Waals surface area contributed by atoms with E-state index < -0.39 is 11.7 Å². The minimum atomic E-state index is -4.37. The molecule has 0 aliphatic rings. The van der Waals surface area contributed by atoms with E-state index in [2.05, 4.69) is 15.5 Å². The van der Waals surface area contributed by atoms with Crippen LogP contribution in [0, 0.1) is 20.8 Å². The number of aryl methyl sites for hydroxylation is 2. The van der Waals surface area contributed by atoms with Gasteiger partial charge in [-0.2, -0.15) is 18.3 Å². The Morgan fingerprint density at radius 3 is 2.42 bits per heavy atom. The van der Waals surface area contributed by atoms with Gasteiger partial charge in [0.2, 0.25) is 0 Å². The van der Waals surface area contributed by atoms with Crippen LogP contribution in [0.5, 0.6) is 0 Å². The number of halogens is 3. The van der Waals surface area contributed by atoms with E-state index in [1.165, 1.54) is 13.0 Å². The second-order valence-corrected chi connectivity index (χ2v) is 6.60. The molecule has 3 nitrogen and oxygen atoms in total. The molecule has 6 heteroatoms. The summed E-state index contributed by atoms with van der Waals surface area (Å²) in [5.41, 5.74) is 2.47. The van der Waals surface area contributed by atoms with Crippen LogP contribution in [-0.4, -0.2) is 10.2 Å². The fraction of sp³-hybridized carbons (Fsp3) is 0.300. The molecule has 1 atom stereocenters. The SMILES string of the molecule is Cc1cc2cnnc(N[C@H](C)c3cccc(C(F)(F)F)c3C)c2cc1C. The van der Waals surface area contributed by atoms with Gasteiger partial charge in [-0.15, -0.1) is 5.10 Å². The van der Waals surface area contributed by atoms with Crippen LogP contribution in [0.3, 0.4) is 0 Å². The fourth-order valence-corrected chi connectivity index (χ4v) is 3.17. The molecular weight excluding hydrogens is 339 g/mol. The van der Waals surface area contributed by atoms with Crippen molar-refractivity contribution in [1.82, 2.24) is 10.2 Å². The van der Waals surface area contributed by atoms with E-state index in [0.29, 0.717) is 11.4 Å². The maximum Gasteiger partial charge on any atom is 0.416 e. The van der Waals surface area contributed by atoms with E-state index in [4.69, 9.17) is 0 Å². The predicted octanol–water partition coefficient (Wildman–Crippen LogP) is 5.75. The Balaban J connectivity index is 2.00. The maximum absolute atomic E-state index is 13.2. The van der Waals surface area contributed by atoms with E-state index in [0.717, 1.165) is 28.0 Å². The molecule has 0 spiro atoms. The molecule has 0 amide bonds. The van der Waals surface area contributed by atoms with E-state index in [-0.39, 0.29) is 11.6 Å². The molecule has 136 valence electrons. The summed E-state index contributed by atoms with van der Waals surface area (Å²) in [6, 6.07) is 7.95. The van der Waals surface area contributed by atoms with Crippen molar-refractivity contribution >= 4 is 16.6 Å². The van der Waals surface area contributed by atoms with Crippen molar-refractivity contribution in [3.8, 4) is 0 Å². The first kappa shape index (κ1) is 18.2. The molecule has 0 saturated carbocycles. The average molecular weight is 359 g/mol. The van der Waals surface area contributed by atoms with Gasteiger partial charge >= 0.3 is 6.18 Å². The van der Waals surface area contributed by atoms with Gasteiger partial charge in [0, 0.05) is 10.8 Å². The number of benzene rings is 2. The number of fused-ring (bicyclic) bond motifs is 1. The van der Waals surface area contributed by atoms with Crippen LogP contribution in [0.25, 0.3) is 10.8 Å². The summed E-state index contributed by atoms with van der Waals surface area (Å²) in [4.78, 5) is 0. The number of nitrogens with zero attached hydrogens (tertiary/aromatic N) is 2. The summed E-state index contributed by atoms with van der Waals surface area (Å²) in [6.45, 7) is 7.36. The summed E-state index contributed by atoms with van der Waals surface area (Å²) >= 11 is 0. The third-order valence-electron chi connectivity index (χ3n) is 4.78. The third-order valence-corrected chi connectivity index (χ3v) is 4.78. The highest BCUT2D eigenvalue weighted by atomic mass is 19.4. The van der Waals surface area contributed by atoms with Crippen LogP contribution < -0.4 is 5.32 Å². The minimum Gasteiger partial charge on any atom is -0.362 e. The molecule has 1 N–H and O–H groups in total. The summed E-state index contributed by atoms with van der Waals surface area (Å²) in [7, 11) is 0. The molecule has 0 aliphatic carbocycles. The topological polar surface area (TPSA) is 37.8 Å². The molecule has 0 fully saturated rings. The van der Waals surface area contributed by atoms with Crippen LogP contribution in [0.4, 0.5) is 19.0 Å². The van der Waals surface area contributed by atoms with Gasteiger partial charge in [-0.25, -0.2) is 0 Å². The summed E-state index contributed by atoms with van der Waals surface area (Å²) in [6.07, 6.45) is -2.68. The van der Waals surface area contributed by atoms with Crippen LogP contribution in [0.1, 0.15) is 40.8 Å². The first-order valence-electron chi connectivity index (χ1n) is 8.34. The molecular formula is C20H20F3N3. The third kappa shape index (κ3) is 3.36. The lowest BCUT2D eigenvalue weighted by Gasteiger charge is -2.20. The highest BCUT2D eigenvalue weighted by Gasteiger charge is 2.33. The molecule has 26 heavy (non-hydrogen) atoms. The lowest BCUT2D eigenvalue weighted by atomic mass is 9.97. The summed E-state index contributed by atoms with van der Waals surface area (Å²) in [5.74, 6) is 0.565. The second kappa shape index (κ2) is 6.59. The minimum absolute atomic E-state index is 0.222. The van der Waals surface area contributed by atoms with E-state index >= 15 is 0 Å². The number of alkyl halides is 3. The number of aromatic nitrogens is 2. The number of rotatable bonds is 3. The Labute approximate surface area is 150 Å². The molecule has 1 aromatic heterocycles. The van der Waals surface area contributed by atoms with Crippen molar-refractivity contribution in [3.63, 3.8) is 0 Å². The quantitative estimate of drug-likeness (QED) is 0.647. The average Bonchev–Trinajstić information content (AvgIpc) is 2.55. The molecule has 0 saturated heterocycles. The van der Waals surface area contributed by atoms with Gasteiger partial charge in [-0.3, -0.25) is 0 Å². The molecule has 0 radical (unpaired) electrons. The van der Waals surface area contributed by atoms with Crippen molar-refractivity contribution in [1.29, 1.82) is 0 Å². The van der Waals surface area contributed by atoms with Gasteiger partial charge in [0.15, 0.2) is 5.82 Å². The Morgan fingerprint density at radius 1 is 1.04 bits per heavy atom. The van der Waals surface area contributed by atoms with E-state index in [1.807, 2.05) is 32.9 Å². The lowest BCUT2D eigenvalue weighted by Crippen LogP contribution is -2.14. The standard InChI is InChI=1S/C20H20F3N3/c1-11-8-15-10-24-26-19(17(15)9-12(11)2)25-14(4)16-6-5-7-18(13(16)3)20(21,22)23/h5-10,14H,1-4H3,(H,25,26)/t14-/m1/s1. The number of hydrogen-bond donors (Lipinski definition) is 1. The summed E-state index contributed by atoms with van der Waals surface area (Å²) < 4.78 is 39.5. The Kier molecular flexibility index (Phi) is 4.61. The highest BCUT2D eigenvalue weighted by molar-refractivity contribution is 5.92. The van der Waals surface area contributed by atoms with Crippen LogP contribution in [-0.2, 0) is 6.18 Å². The fourth-order valence-electron chi connectivity index (χ4n) is 3.17. The molecule has 0 aliphatic heterocycles. The number of nitrogens with one attached hydrogen (secondary N) is 1. The van der Waals surface area contributed by atoms with Crippen molar-refractivity contribution in [2.45, 2.75) is 39.9 Å². The van der Waals surface area contributed by atoms with Crippen molar-refractivity contribution in [2.75, 3.05) is 5.32 Å². The predicted molar refractivity (Wildman–Crippen MR) is 97.2 cm³/mol. The largest absolute Gasteiger partial charge is 0.416 e. The van der Waals surface area contributed by atoms with Crippen molar-refractivity contribution < 1.29 is 13.2 Å². The number of anilines is 1. The Hall–Kier alpha value is -2.63. The van der Waals surface area contributed by atoms with Gasteiger partial charge in [0.25, 0.3) is 0 Å². The number of hydrogen-bond acceptors (Lipinski definition) is 3. The molecule has 2 aromatic carbocycles. The van der Waals surface area contributed by atoms with E-state index in [9.17, 15) is 13.2 Å². The Bertz CT molecular complexity index is 964. The van der Waals surface area contributed by atoms with Crippen molar-refractivity contribution in [3.05, 3.63) is 64.3 Å². The maximum atomic E-state index is 13.2. The zero-order valence-corrected chi connectivity index (χ0v) is 15.1. The first-order chi connectivity index (χ1) is 12.2. The van der Waals surface area contributed by atoms with Crippen LogP contribution in [0.2, 0.25) is 0 Å². The monoisotopic (exact) mass is 359 g/mol. The molecule has 0 unspecified atom stereocenters. The van der Waals surface area contributed by atoms with Gasteiger partial charge in [0.1, 0.15) is 0 Å². The van der Waals surface area contributed by atoms with Gasteiger partial charge in [-0.1, -0.05) is 12.1 Å².